The lowest BCUT2D eigenvalue weighted by Gasteiger charge is -2.38. The van der Waals surface area contributed by atoms with Gasteiger partial charge in [0.2, 0.25) is 0 Å². The molecule has 0 heterocycles. The lowest BCUT2D eigenvalue weighted by molar-refractivity contribution is 0.135. The molecule has 0 aromatic heterocycles. The van der Waals surface area contributed by atoms with E-state index in [9.17, 15) is 0 Å². The van der Waals surface area contributed by atoms with Crippen molar-refractivity contribution in [2.75, 3.05) is 13.2 Å². The Hall–Kier alpha value is -0.240. The second-order valence-electron chi connectivity index (χ2n) is 8.76. The Morgan fingerprint density at radius 3 is 2.15 bits per heavy atom. The fourth-order valence-corrected chi connectivity index (χ4v) is 5.73. The molecule has 0 saturated heterocycles. The van der Waals surface area contributed by atoms with Crippen molar-refractivity contribution >= 4 is 23.2 Å². The van der Waals surface area contributed by atoms with Crippen LogP contribution >= 0.6 is 23.2 Å². The number of hydrogen-bond donors (Lipinski definition) is 0. The molecular formula is C24H36Cl2O. The third-order valence-electron chi connectivity index (χ3n) is 7.10. The molecular weight excluding hydrogens is 375 g/mol. The van der Waals surface area contributed by atoms with Gasteiger partial charge in [0.1, 0.15) is 0 Å². The predicted molar refractivity (Wildman–Crippen MR) is 117 cm³/mol. The second-order valence-corrected chi connectivity index (χ2v) is 9.57. The zero-order valence-corrected chi connectivity index (χ0v) is 18.4. The molecule has 2 aliphatic rings. The van der Waals surface area contributed by atoms with E-state index in [1.165, 1.54) is 76.2 Å². The van der Waals surface area contributed by atoms with Crippen LogP contribution in [0.2, 0.25) is 10.0 Å². The van der Waals surface area contributed by atoms with Crippen LogP contribution in [-0.4, -0.2) is 13.2 Å². The van der Waals surface area contributed by atoms with E-state index in [1.807, 2.05) is 6.07 Å². The van der Waals surface area contributed by atoms with Gasteiger partial charge in [-0.05, 0) is 93.2 Å². The third kappa shape index (κ3) is 6.38. The number of hydrogen-bond acceptors (Lipinski definition) is 1. The Morgan fingerprint density at radius 1 is 0.852 bits per heavy atom. The third-order valence-corrected chi connectivity index (χ3v) is 7.84. The van der Waals surface area contributed by atoms with Gasteiger partial charge in [0, 0.05) is 13.2 Å². The molecule has 0 spiro atoms. The molecule has 3 rings (SSSR count). The Balaban J connectivity index is 1.36. The van der Waals surface area contributed by atoms with E-state index in [1.54, 1.807) is 0 Å². The summed E-state index contributed by atoms with van der Waals surface area (Å²) in [6.45, 7) is 3.89. The summed E-state index contributed by atoms with van der Waals surface area (Å²) < 4.78 is 5.46. The maximum absolute atomic E-state index is 6.22. The topological polar surface area (TPSA) is 9.23 Å². The number of ether oxygens (including phenoxy) is 1. The molecule has 1 aromatic rings. The summed E-state index contributed by atoms with van der Waals surface area (Å²) in [4.78, 5) is 0. The van der Waals surface area contributed by atoms with Gasteiger partial charge in [-0.15, -0.1) is 0 Å². The molecule has 3 heteroatoms. The van der Waals surface area contributed by atoms with Crippen LogP contribution in [0, 0.1) is 17.8 Å². The molecule has 0 radical (unpaired) electrons. The summed E-state index contributed by atoms with van der Waals surface area (Å²) in [5, 5.41) is 1.37. The van der Waals surface area contributed by atoms with Crippen LogP contribution in [0.3, 0.4) is 0 Å². The highest BCUT2D eigenvalue weighted by molar-refractivity contribution is 6.42. The van der Waals surface area contributed by atoms with Crippen molar-refractivity contribution < 1.29 is 4.74 Å². The molecule has 2 aliphatic carbocycles. The van der Waals surface area contributed by atoms with Crippen molar-refractivity contribution in [2.45, 2.75) is 83.5 Å². The van der Waals surface area contributed by atoms with Crippen molar-refractivity contribution in [1.29, 1.82) is 0 Å². The molecule has 27 heavy (non-hydrogen) atoms. The summed E-state index contributed by atoms with van der Waals surface area (Å²) >= 11 is 12.3. The maximum Gasteiger partial charge on any atom is 0.0595 e. The molecule has 2 saturated carbocycles. The molecule has 0 bridgehead atoms. The molecule has 0 aliphatic heterocycles. The first kappa shape index (κ1) is 21.5. The SMILES string of the molecule is CCOCCCC[C@H]1CC[C@H]([C@H]2CC[C@H](c3ccc(Cl)c(Cl)c3)CC2)CC1. The fraction of sp³-hybridized carbons (Fsp3) is 0.750. The predicted octanol–water partition coefficient (Wildman–Crippen LogP) is 8.28. The van der Waals surface area contributed by atoms with Crippen LogP contribution in [0.1, 0.15) is 89.0 Å². The first-order valence-corrected chi connectivity index (χ1v) is 12.0. The van der Waals surface area contributed by atoms with Crippen molar-refractivity contribution in [3.8, 4) is 0 Å². The molecule has 0 N–H and O–H groups in total. The summed E-state index contributed by atoms with van der Waals surface area (Å²) in [6, 6.07) is 6.22. The smallest absolute Gasteiger partial charge is 0.0595 e. The van der Waals surface area contributed by atoms with Crippen LogP contribution in [0.5, 0.6) is 0 Å². The van der Waals surface area contributed by atoms with Crippen molar-refractivity contribution in [3.63, 3.8) is 0 Å². The van der Waals surface area contributed by atoms with Gasteiger partial charge in [0.25, 0.3) is 0 Å². The lowest BCUT2D eigenvalue weighted by Crippen LogP contribution is -2.25. The van der Waals surface area contributed by atoms with E-state index in [0.717, 1.165) is 31.0 Å². The van der Waals surface area contributed by atoms with Gasteiger partial charge in [-0.3, -0.25) is 0 Å². The Bertz CT molecular complexity index is 557. The fourth-order valence-electron chi connectivity index (χ4n) is 5.42. The van der Waals surface area contributed by atoms with E-state index < -0.39 is 0 Å². The summed E-state index contributed by atoms with van der Waals surface area (Å²) in [7, 11) is 0. The minimum Gasteiger partial charge on any atom is -0.382 e. The van der Waals surface area contributed by atoms with E-state index >= 15 is 0 Å². The first-order valence-electron chi connectivity index (χ1n) is 11.2. The largest absolute Gasteiger partial charge is 0.382 e. The van der Waals surface area contributed by atoms with Gasteiger partial charge < -0.3 is 4.74 Å². The van der Waals surface area contributed by atoms with Gasteiger partial charge in [-0.25, -0.2) is 0 Å². The lowest BCUT2D eigenvalue weighted by atomic mass is 9.68. The molecule has 1 nitrogen and oxygen atoms in total. The molecule has 0 atom stereocenters. The van der Waals surface area contributed by atoms with E-state index in [-0.39, 0.29) is 0 Å². The molecule has 0 amide bonds. The average molecular weight is 411 g/mol. The van der Waals surface area contributed by atoms with Crippen LogP contribution in [0.4, 0.5) is 0 Å². The van der Waals surface area contributed by atoms with Crippen molar-refractivity contribution in [1.82, 2.24) is 0 Å². The molecule has 152 valence electrons. The minimum absolute atomic E-state index is 0.670. The van der Waals surface area contributed by atoms with Gasteiger partial charge in [0.15, 0.2) is 0 Å². The summed E-state index contributed by atoms with van der Waals surface area (Å²) in [6.07, 6.45) is 15.3. The average Bonchev–Trinajstić information content (AvgIpc) is 2.71. The number of unbranched alkanes of at least 4 members (excludes halogenated alkanes) is 1. The highest BCUT2D eigenvalue weighted by atomic mass is 35.5. The van der Waals surface area contributed by atoms with Crippen LogP contribution in [0.15, 0.2) is 18.2 Å². The Morgan fingerprint density at radius 2 is 1.52 bits per heavy atom. The van der Waals surface area contributed by atoms with E-state index in [0.29, 0.717) is 16.0 Å². The standard InChI is InChI=1S/C24H36Cl2O/c1-2-27-16-4-3-5-18-6-8-19(9-7-18)20-10-12-21(13-11-20)22-14-15-23(25)24(26)17-22/h14-15,17-21H,2-13,16H2,1H3/t18-,19-,20-,21-. The van der Waals surface area contributed by atoms with Gasteiger partial charge in [-0.2, -0.15) is 0 Å². The Kier molecular flexibility index (Phi) is 8.81. The molecule has 1 aromatic carbocycles. The van der Waals surface area contributed by atoms with Gasteiger partial charge >= 0.3 is 0 Å². The zero-order valence-electron chi connectivity index (χ0n) is 16.9. The quantitative estimate of drug-likeness (QED) is 0.391. The first-order chi connectivity index (χ1) is 13.2. The second kappa shape index (κ2) is 11.1. The van der Waals surface area contributed by atoms with E-state index in [4.69, 9.17) is 27.9 Å². The number of halogens is 2. The highest BCUT2D eigenvalue weighted by Gasteiger charge is 2.31. The van der Waals surface area contributed by atoms with Gasteiger partial charge in [0.05, 0.1) is 10.0 Å². The van der Waals surface area contributed by atoms with E-state index in [2.05, 4.69) is 19.1 Å². The Labute approximate surface area is 176 Å². The number of rotatable bonds is 8. The normalized spacial score (nSPS) is 29.0. The van der Waals surface area contributed by atoms with Crippen LogP contribution < -0.4 is 0 Å². The summed E-state index contributed by atoms with van der Waals surface area (Å²) in [5.74, 6) is 3.61. The van der Waals surface area contributed by atoms with Crippen molar-refractivity contribution in [3.05, 3.63) is 33.8 Å². The van der Waals surface area contributed by atoms with Crippen LogP contribution in [-0.2, 0) is 4.74 Å². The molecule has 2 fully saturated rings. The van der Waals surface area contributed by atoms with Crippen LogP contribution in [0.25, 0.3) is 0 Å². The molecule has 0 unspecified atom stereocenters. The maximum atomic E-state index is 6.22. The summed E-state index contributed by atoms with van der Waals surface area (Å²) in [5.41, 5.74) is 1.39. The monoisotopic (exact) mass is 410 g/mol. The van der Waals surface area contributed by atoms with Gasteiger partial charge in [-0.1, -0.05) is 55.0 Å². The zero-order chi connectivity index (χ0) is 19.1. The number of benzene rings is 1. The van der Waals surface area contributed by atoms with Crippen molar-refractivity contribution in [2.24, 2.45) is 17.8 Å². The minimum atomic E-state index is 0.670. The highest BCUT2D eigenvalue weighted by Crippen LogP contribution is 2.45.